The first-order chi connectivity index (χ1) is 19.9. The Morgan fingerprint density at radius 1 is 1.07 bits per heavy atom. The van der Waals surface area contributed by atoms with E-state index in [9.17, 15) is 32.6 Å². The summed E-state index contributed by atoms with van der Waals surface area (Å²) < 4.78 is 58.1. The lowest BCUT2D eigenvalue weighted by Gasteiger charge is -2.35. The van der Waals surface area contributed by atoms with E-state index >= 15 is 0 Å². The van der Waals surface area contributed by atoms with Crippen molar-refractivity contribution in [3.63, 3.8) is 0 Å². The molecule has 4 rings (SSSR count). The number of carbonyl (C=O) groups excluding carboxylic acids is 1. The fourth-order valence-electron chi connectivity index (χ4n) is 4.59. The fourth-order valence-corrected chi connectivity index (χ4v) is 4.59. The second kappa shape index (κ2) is 12.7. The van der Waals surface area contributed by atoms with Crippen LogP contribution in [-0.2, 0) is 11.2 Å². The predicted octanol–water partition coefficient (Wildman–Crippen LogP) is 5.53. The summed E-state index contributed by atoms with van der Waals surface area (Å²) in [5.74, 6) is 3.68. The summed E-state index contributed by atoms with van der Waals surface area (Å²) in [4.78, 5) is 14.3. The molecule has 5 N–H and O–H groups in total. The number of benzene rings is 3. The van der Waals surface area contributed by atoms with Crippen LogP contribution in [0.25, 0.3) is 10.9 Å². The van der Waals surface area contributed by atoms with Gasteiger partial charge in [-0.2, -0.15) is 0 Å². The largest absolute Gasteiger partial charge is 0.573 e. The smallest absolute Gasteiger partial charge is 0.405 e. The molecule has 0 saturated carbocycles. The van der Waals surface area contributed by atoms with Gasteiger partial charge >= 0.3 is 6.36 Å². The minimum absolute atomic E-state index is 0.0193. The third kappa shape index (κ3) is 7.47. The molecule has 0 bridgehead atoms. The van der Waals surface area contributed by atoms with E-state index in [-0.39, 0.29) is 28.8 Å². The number of anilines is 1. The van der Waals surface area contributed by atoms with Gasteiger partial charge in [0.05, 0.1) is 12.3 Å². The minimum Gasteiger partial charge on any atom is -0.405 e. The van der Waals surface area contributed by atoms with E-state index in [2.05, 4.69) is 32.2 Å². The highest BCUT2D eigenvalue weighted by atomic mass is 19.4. The predicted molar refractivity (Wildman–Crippen MR) is 150 cm³/mol. The first-order valence-electron chi connectivity index (χ1n) is 13.0. The monoisotopic (exact) mass is 583 g/mol. The molecule has 2 atom stereocenters. The zero-order valence-electron chi connectivity index (χ0n) is 22.8. The Hall–Kier alpha value is -4.37. The molecule has 7 nitrogen and oxygen atoms in total. The van der Waals surface area contributed by atoms with Gasteiger partial charge in [-0.1, -0.05) is 37.0 Å². The average molecular weight is 584 g/mol. The van der Waals surface area contributed by atoms with Crippen molar-refractivity contribution in [1.82, 2.24) is 10.3 Å². The van der Waals surface area contributed by atoms with Crippen LogP contribution < -0.4 is 15.4 Å². The molecule has 1 aromatic heterocycles. The molecular weight excluding hydrogens is 554 g/mol. The van der Waals surface area contributed by atoms with E-state index in [1.165, 1.54) is 31.2 Å². The lowest BCUT2D eigenvalue weighted by atomic mass is 9.88. The highest BCUT2D eigenvalue weighted by Gasteiger charge is 2.35. The molecule has 0 saturated heterocycles. The summed E-state index contributed by atoms with van der Waals surface area (Å²) in [6, 6.07) is 15.0. The topological polar surface area (TPSA) is 107 Å². The summed E-state index contributed by atoms with van der Waals surface area (Å²) in [6.45, 7) is 2.61. The van der Waals surface area contributed by atoms with E-state index in [1.807, 2.05) is 24.3 Å². The zero-order chi connectivity index (χ0) is 30.5. The lowest BCUT2D eigenvalue weighted by molar-refractivity contribution is -0.275. The van der Waals surface area contributed by atoms with Crippen molar-refractivity contribution in [3.05, 3.63) is 94.9 Å². The Labute approximate surface area is 239 Å². The number of nitrogens with one attached hydrogen (secondary N) is 3. The van der Waals surface area contributed by atoms with Gasteiger partial charge < -0.3 is 25.3 Å². The third-order valence-corrected chi connectivity index (χ3v) is 6.79. The number of aromatic amines is 1. The number of hydrogen-bond acceptors (Lipinski definition) is 5. The van der Waals surface area contributed by atoms with Crippen LogP contribution >= 0.6 is 0 Å². The Bertz CT molecular complexity index is 1630. The van der Waals surface area contributed by atoms with E-state index in [0.717, 1.165) is 28.6 Å². The van der Waals surface area contributed by atoms with Gasteiger partial charge in [0.25, 0.3) is 0 Å². The molecule has 0 aliphatic carbocycles. The molecule has 4 aromatic rings. The standard InChI is InChI=1S/C31H29F4N3O4/c1-3-30(18-39,16-22-17-36-26-7-5-4-6-23(22)26)38-29(41)24-14-20(11-13-28(24)42-31(33,34)35)8-9-21-10-12-27(25(32)15-21)37-19(2)40/h4-7,10-15,17,29,36,38-39,41H,3,16,18H2,1-2H3,(H,37,40). The number of halogens is 4. The molecule has 2 unspecified atom stereocenters. The van der Waals surface area contributed by atoms with Crippen molar-refractivity contribution in [3.8, 4) is 17.6 Å². The van der Waals surface area contributed by atoms with Crippen LogP contribution in [0.4, 0.5) is 23.2 Å². The second-order valence-corrected chi connectivity index (χ2v) is 9.80. The summed E-state index contributed by atoms with van der Waals surface area (Å²) in [6.07, 6.45) is -4.34. The maximum atomic E-state index is 14.3. The number of carbonyl (C=O) groups is 1. The number of amides is 1. The third-order valence-electron chi connectivity index (χ3n) is 6.79. The van der Waals surface area contributed by atoms with E-state index < -0.39 is 42.2 Å². The Kier molecular flexibility index (Phi) is 9.21. The SMILES string of the molecule is CCC(CO)(Cc1c[nH]c2ccccc12)NC(O)c1cc(C#Cc2ccc(NC(C)=O)c(F)c2)ccc1OC(F)(F)F. The molecule has 0 spiro atoms. The minimum atomic E-state index is -5.03. The first kappa shape index (κ1) is 30.6. The number of fused-ring (bicyclic) bond motifs is 1. The van der Waals surface area contributed by atoms with Gasteiger partial charge in [-0.3, -0.25) is 10.1 Å². The molecule has 1 heterocycles. The molecule has 0 fully saturated rings. The molecule has 220 valence electrons. The Balaban J connectivity index is 1.65. The number of rotatable bonds is 9. The van der Waals surface area contributed by atoms with Crippen molar-refractivity contribution in [2.75, 3.05) is 11.9 Å². The number of aromatic nitrogens is 1. The van der Waals surface area contributed by atoms with Crippen LogP contribution in [0.5, 0.6) is 5.75 Å². The Morgan fingerprint density at radius 2 is 1.76 bits per heavy atom. The van der Waals surface area contributed by atoms with Crippen LogP contribution in [-0.4, -0.2) is 39.6 Å². The molecule has 0 radical (unpaired) electrons. The number of alkyl halides is 3. The van der Waals surface area contributed by atoms with Crippen molar-refractivity contribution >= 4 is 22.5 Å². The number of para-hydroxylation sites is 1. The maximum absolute atomic E-state index is 14.3. The van der Waals surface area contributed by atoms with Crippen LogP contribution in [0.2, 0.25) is 0 Å². The Morgan fingerprint density at radius 3 is 2.40 bits per heavy atom. The molecule has 0 aliphatic heterocycles. The van der Waals surface area contributed by atoms with Crippen molar-refractivity contribution in [2.45, 2.75) is 44.8 Å². The summed E-state index contributed by atoms with van der Waals surface area (Å²) in [5.41, 5.74) is 0.827. The van der Waals surface area contributed by atoms with Crippen molar-refractivity contribution in [2.24, 2.45) is 0 Å². The van der Waals surface area contributed by atoms with E-state index in [0.29, 0.717) is 6.42 Å². The highest BCUT2D eigenvalue weighted by Crippen LogP contribution is 2.33. The van der Waals surface area contributed by atoms with Gasteiger partial charge in [0, 0.05) is 46.3 Å². The van der Waals surface area contributed by atoms with Gasteiger partial charge in [-0.05, 0) is 60.9 Å². The van der Waals surface area contributed by atoms with Gasteiger partial charge in [0.15, 0.2) is 0 Å². The van der Waals surface area contributed by atoms with Gasteiger partial charge in [0.1, 0.15) is 17.8 Å². The summed E-state index contributed by atoms with van der Waals surface area (Å²) >= 11 is 0. The molecule has 42 heavy (non-hydrogen) atoms. The second-order valence-electron chi connectivity index (χ2n) is 9.80. The van der Waals surface area contributed by atoms with Crippen LogP contribution in [0.3, 0.4) is 0 Å². The number of ether oxygens (including phenoxy) is 1. The first-order valence-corrected chi connectivity index (χ1v) is 13.0. The van der Waals surface area contributed by atoms with Crippen molar-refractivity contribution < 1.29 is 37.3 Å². The molecule has 1 amide bonds. The quantitative estimate of drug-likeness (QED) is 0.101. The lowest BCUT2D eigenvalue weighted by Crippen LogP contribution is -2.51. The van der Waals surface area contributed by atoms with E-state index in [1.54, 1.807) is 13.1 Å². The zero-order valence-corrected chi connectivity index (χ0v) is 22.8. The summed E-state index contributed by atoms with van der Waals surface area (Å²) in [5, 5.41) is 27.7. The number of aliphatic hydroxyl groups is 2. The van der Waals surface area contributed by atoms with Crippen LogP contribution in [0.1, 0.15) is 48.8 Å². The highest BCUT2D eigenvalue weighted by molar-refractivity contribution is 5.88. The van der Waals surface area contributed by atoms with Crippen LogP contribution in [0, 0.1) is 17.7 Å². The van der Waals surface area contributed by atoms with Crippen molar-refractivity contribution in [1.29, 1.82) is 0 Å². The molecule has 11 heteroatoms. The normalized spacial score (nSPS) is 13.6. The van der Waals surface area contributed by atoms with Crippen LogP contribution in [0.15, 0.2) is 66.9 Å². The average Bonchev–Trinajstić information content (AvgIpc) is 3.34. The fraction of sp³-hybridized carbons (Fsp3) is 0.258. The van der Waals surface area contributed by atoms with Gasteiger partial charge in [0.2, 0.25) is 5.91 Å². The molecular formula is C31H29F4N3O4. The number of hydrogen-bond donors (Lipinski definition) is 5. The summed E-state index contributed by atoms with van der Waals surface area (Å²) in [7, 11) is 0. The van der Waals surface area contributed by atoms with Gasteiger partial charge in [-0.15, -0.1) is 13.2 Å². The maximum Gasteiger partial charge on any atom is 0.573 e. The molecule has 3 aromatic carbocycles. The van der Waals surface area contributed by atoms with Gasteiger partial charge in [-0.25, -0.2) is 4.39 Å². The number of H-pyrrole nitrogens is 1. The number of aliphatic hydroxyl groups excluding tert-OH is 2. The van der Waals surface area contributed by atoms with E-state index in [4.69, 9.17) is 0 Å². The molecule has 0 aliphatic rings.